The fourth-order valence-electron chi connectivity index (χ4n) is 3.23. The maximum Gasteiger partial charge on any atom is 0.264 e. The Balaban J connectivity index is 1.73. The summed E-state index contributed by atoms with van der Waals surface area (Å²) in [6, 6.07) is 21.5. The molecule has 0 saturated heterocycles. The first-order chi connectivity index (χ1) is 16.9. The molecule has 0 heterocycles. The van der Waals surface area contributed by atoms with Gasteiger partial charge in [0, 0.05) is 10.6 Å². The molecule has 0 fully saturated rings. The predicted octanol–water partition coefficient (Wildman–Crippen LogP) is 5.25. The van der Waals surface area contributed by atoms with Crippen molar-refractivity contribution in [2.45, 2.75) is 31.1 Å². The highest BCUT2D eigenvalue weighted by Crippen LogP contribution is 2.25. The lowest BCUT2D eigenvalue weighted by atomic mass is 10.2. The van der Waals surface area contributed by atoms with Gasteiger partial charge in [-0.05, 0) is 55.0 Å². The molecule has 0 atom stereocenters. The van der Waals surface area contributed by atoms with Crippen LogP contribution in [-0.2, 0) is 14.8 Å². The Morgan fingerprint density at radius 3 is 2.40 bits per heavy atom. The number of hydrazone groups is 1. The van der Waals surface area contributed by atoms with Gasteiger partial charge in [-0.2, -0.15) is 5.10 Å². The molecule has 1 amide bonds. The van der Waals surface area contributed by atoms with Gasteiger partial charge in [-0.15, -0.1) is 0 Å². The van der Waals surface area contributed by atoms with Crippen molar-refractivity contribution in [3.05, 3.63) is 89.4 Å². The molecule has 1 N–H and O–H groups in total. The molecule has 0 unspecified atom stereocenters. The number of rotatable bonds is 12. The largest absolute Gasteiger partial charge is 0.493 e. The maximum atomic E-state index is 13.3. The number of para-hydroxylation sites is 1. The summed E-state index contributed by atoms with van der Waals surface area (Å²) in [6.07, 6.45) is 4.62. The van der Waals surface area contributed by atoms with E-state index in [2.05, 4.69) is 17.5 Å². The van der Waals surface area contributed by atoms with E-state index in [9.17, 15) is 13.2 Å². The fourth-order valence-corrected chi connectivity index (χ4v) is 4.80. The van der Waals surface area contributed by atoms with Crippen LogP contribution in [0.5, 0.6) is 5.75 Å². The van der Waals surface area contributed by atoms with Crippen molar-refractivity contribution in [1.29, 1.82) is 0 Å². The minimum atomic E-state index is -4.00. The number of amides is 1. The lowest BCUT2D eigenvalue weighted by molar-refractivity contribution is -0.119. The summed E-state index contributed by atoms with van der Waals surface area (Å²) in [5, 5.41) is 4.47. The molecule has 3 rings (SSSR count). The Kier molecular flexibility index (Phi) is 9.69. The SMILES string of the molecule is CCCCCOc1ccccc1/C=N/NC(=O)CN(c1ccc(Cl)cc1)S(=O)(=O)c1ccccc1. The maximum absolute atomic E-state index is 13.3. The van der Waals surface area contributed by atoms with Crippen LogP contribution in [0, 0.1) is 0 Å². The van der Waals surface area contributed by atoms with Crippen LogP contribution < -0.4 is 14.5 Å². The topological polar surface area (TPSA) is 88.1 Å². The Labute approximate surface area is 211 Å². The number of nitrogens with one attached hydrogen (secondary N) is 1. The molecule has 7 nitrogen and oxygen atoms in total. The number of sulfonamides is 1. The van der Waals surface area contributed by atoms with Crippen molar-refractivity contribution >= 4 is 39.4 Å². The molecule has 0 bridgehead atoms. The highest BCUT2D eigenvalue weighted by molar-refractivity contribution is 7.92. The smallest absolute Gasteiger partial charge is 0.264 e. The van der Waals surface area contributed by atoms with Gasteiger partial charge in [-0.25, -0.2) is 13.8 Å². The van der Waals surface area contributed by atoms with E-state index in [1.165, 1.54) is 18.3 Å². The highest BCUT2D eigenvalue weighted by Gasteiger charge is 2.27. The molecule has 3 aromatic rings. The summed E-state index contributed by atoms with van der Waals surface area (Å²) < 4.78 is 33.4. The first kappa shape index (κ1) is 26.2. The number of ether oxygens (including phenoxy) is 1. The van der Waals surface area contributed by atoms with Crippen LogP contribution in [0.3, 0.4) is 0 Å². The number of nitrogens with zero attached hydrogens (tertiary/aromatic N) is 2. The molecule has 0 aromatic heterocycles. The van der Waals surface area contributed by atoms with E-state index in [0.29, 0.717) is 28.6 Å². The Morgan fingerprint density at radius 1 is 1.00 bits per heavy atom. The molecular weight excluding hydrogens is 486 g/mol. The summed E-state index contributed by atoms with van der Waals surface area (Å²) in [7, 11) is -4.00. The van der Waals surface area contributed by atoms with Gasteiger partial charge >= 0.3 is 0 Å². The van der Waals surface area contributed by atoms with E-state index in [1.807, 2.05) is 24.3 Å². The highest BCUT2D eigenvalue weighted by atomic mass is 35.5. The van der Waals surface area contributed by atoms with Crippen LogP contribution >= 0.6 is 11.6 Å². The standard InChI is InChI=1S/C26H28ClN3O4S/c1-2-3-9-18-34-25-13-8-7-10-21(25)19-28-29-26(31)20-30(23-16-14-22(27)15-17-23)35(32,33)24-11-5-4-6-12-24/h4-8,10-17,19H,2-3,9,18,20H2,1H3,(H,29,31)/b28-19+. The second kappa shape index (κ2) is 12.9. The number of unbranched alkanes of at least 4 members (excludes halogenated alkanes) is 2. The average Bonchev–Trinajstić information content (AvgIpc) is 2.87. The molecule has 0 aliphatic carbocycles. The quantitative estimate of drug-likeness (QED) is 0.203. The third kappa shape index (κ3) is 7.56. The predicted molar refractivity (Wildman–Crippen MR) is 140 cm³/mol. The van der Waals surface area contributed by atoms with Gasteiger partial charge in [0.05, 0.1) is 23.4 Å². The van der Waals surface area contributed by atoms with Crippen molar-refractivity contribution in [2.75, 3.05) is 17.5 Å². The summed E-state index contributed by atoms with van der Waals surface area (Å²) in [5.74, 6) is 0.0631. The first-order valence-corrected chi connectivity index (χ1v) is 13.1. The normalized spacial score (nSPS) is 11.4. The third-order valence-corrected chi connectivity index (χ3v) is 7.09. The average molecular weight is 514 g/mol. The zero-order valence-electron chi connectivity index (χ0n) is 19.4. The molecule has 3 aromatic carbocycles. The fraction of sp³-hybridized carbons (Fsp3) is 0.231. The molecule has 9 heteroatoms. The first-order valence-electron chi connectivity index (χ1n) is 11.3. The number of benzene rings is 3. The van der Waals surface area contributed by atoms with E-state index in [4.69, 9.17) is 16.3 Å². The van der Waals surface area contributed by atoms with E-state index in [0.717, 1.165) is 23.6 Å². The van der Waals surface area contributed by atoms with E-state index >= 15 is 0 Å². The van der Waals surface area contributed by atoms with Gasteiger partial charge < -0.3 is 4.74 Å². The number of hydrogen-bond acceptors (Lipinski definition) is 5. The van der Waals surface area contributed by atoms with Gasteiger partial charge in [0.1, 0.15) is 12.3 Å². The van der Waals surface area contributed by atoms with Crippen LogP contribution in [0.4, 0.5) is 5.69 Å². The van der Waals surface area contributed by atoms with Crippen molar-refractivity contribution in [3.63, 3.8) is 0 Å². The summed E-state index contributed by atoms with van der Waals surface area (Å²) in [4.78, 5) is 12.8. The van der Waals surface area contributed by atoms with Crippen LogP contribution in [0.15, 0.2) is 88.9 Å². The summed E-state index contributed by atoms with van der Waals surface area (Å²) in [6.45, 7) is 2.26. The molecule has 0 saturated carbocycles. The summed E-state index contributed by atoms with van der Waals surface area (Å²) >= 11 is 5.96. The van der Waals surface area contributed by atoms with Crippen LogP contribution in [0.1, 0.15) is 31.7 Å². The Morgan fingerprint density at radius 2 is 1.69 bits per heavy atom. The van der Waals surface area contributed by atoms with Crippen molar-refractivity contribution in [2.24, 2.45) is 5.10 Å². The molecule has 35 heavy (non-hydrogen) atoms. The number of carbonyl (C=O) groups is 1. The van der Waals surface area contributed by atoms with Crippen LogP contribution in [0.25, 0.3) is 0 Å². The zero-order chi connectivity index (χ0) is 25.1. The number of carbonyl (C=O) groups excluding carboxylic acids is 1. The van der Waals surface area contributed by atoms with Gasteiger partial charge in [-0.3, -0.25) is 9.10 Å². The Hall–Kier alpha value is -3.36. The van der Waals surface area contributed by atoms with Crippen molar-refractivity contribution in [1.82, 2.24) is 5.43 Å². The van der Waals surface area contributed by atoms with E-state index < -0.39 is 22.5 Å². The van der Waals surface area contributed by atoms with Gasteiger partial charge in [0.15, 0.2) is 0 Å². The second-order valence-corrected chi connectivity index (χ2v) is 9.99. The second-order valence-electron chi connectivity index (χ2n) is 7.69. The Bertz CT molecular complexity index is 1230. The number of halogens is 1. The van der Waals surface area contributed by atoms with Gasteiger partial charge in [-0.1, -0.05) is 61.7 Å². The van der Waals surface area contributed by atoms with E-state index in [-0.39, 0.29) is 4.90 Å². The monoisotopic (exact) mass is 513 g/mol. The molecule has 184 valence electrons. The van der Waals surface area contributed by atoms with Gasteiger partial charge in [0.25, 0.3) is 15.9 Å². The van der Waals surface area contributed by atoms with Crippen molar-refractivity contribution in [3.8, 4) is 5.75 Å². The summed E-state index contributed by atoms with van der Waals surface area (Å²) in [5.41, 5.74) is 3.43. The molecule has 0 radical (unpaired) electrons. The van der Waals surface area contributed by atoms with Gasteiger partial charge in [0.2, 0.25) is 0 Å². The van der Waals surface area contributed by atoms with Crippen LogP contribution in [0.2, 0.25) is 5.02 Å². The minimum Gasteiger partial charge on any atom is -0.493 e. The van der Waals surface area contributed by atoms with Crippen LogP contribution in [-0.4, -0.2) is 33.7 Å². The minimum absolute atomic E-state index is 0.0698. The molecule has 0 spiro atoms. The lowest BCUT2D eigenvalue weighted by Crippen LogP contribution is -2.39. The molecular formula is C26H28ClN3O4S. The van der Waals surface area contributed by atoms with E-state index in [1.54, 1.807) is 42.5 Å². The molecule has 0 aliphatic rings. The number of hydrogen-bond donors (Lipinski definition) is 1. The lowest BCUT2D eigenvalue weighted by Gasteiger charge is -2.23. The van der Waals surface area contributed by atoms with Crippen molar-refractivity contribution < 1.29 is 17.9 Å². The third-order valence-electron chi connectivity index (χ3n) is 5.05. The zero-order valence-corrected chi connectivity index (χ0v) is 21.0. The number of anilines is 1. The molecule has 0 aliphatic heterocycles.